The summed E-state index contributed by atoms with van der Waals surface area (Å²) in [4.78, 5) is 16.7. The van der Waals surface area contributed by atoms with Gasteiger partial charge < -0.3 is 9.64 Å². The van der Waals surface area contributed by atoms with Crippen molar-refractivity contribution in [3.05, 3.63) is 71.3 Å². The first-order valence-electron chi connectivity index (χ1n) is 8.77. The lowest BCUT2D eigenvalue weighted by Crippen LogP contribution is -2.49. The van der Waals surface area contributed by atoms with Crippen molar-refractivity contribution in [2.75, 3.05) is 26.7 Å². The van der Waals surface area contributed by atoms with Crippen molar-refractivity contribution in [3.8, 4) is 6.07 Å². The molecular formula is C21H23N3O2. The summed E-state index contributed by atoms with van der Waals surface area (Å²) in [5, 5.41) is 9.00. The molecule has 2 aromatic rings. The molecule has 134 valence electrons. The van der Waals surface area contributed by atoms with E-state index in [9.17, 15) is 4.79 Å². The van der Waals surface area contributed by atoms with Crippen molar-refractivity contribution in [3.63, 3.8) is 0 Å². The fourth-order valence-corrected chi connectivity index (χ4v) is 3.17. The summed E-state index contributed by atoms with van der Waals surface area (Å²) in [6.07, 6.45) is -0.448. The summed E-state index contributed by atoms with van der Waals surface area (Å²) in [6, 6.07) is 19.7. The molecule has 0 N–H and O–H groups in total. The second kappa shape index (κ2) is 8.61. The molecule has 1 amide bonds. The topological polar surface area (TPSA) is 56.6 Å². The number of likely N-dealkylation sites (N-methyl/N-ethyl adjacent to an activating group) is 1. The molecule has 5 nitrogen and oxygen atoms in total. The zero-order valence-corrected chi connectivity index (χ0v) is 15.0. The predicted octanol–water partition coefficient (Wildman–Crippen LogP) is 2.42. The number of nitriles is 1. The standard InChI is InChI=1S/C21H23N3O2/c1-23(14-19-9-5-8-18(12-19)13-22)21(25)20-16-24(10-11-26-20)15-17-6-3-2-4-7-17/h2-9,12,20H,10-11,14-16H2,1H3/t20-/m1/s1. The van der Waals surface area contributed by atoms with Gasteiger partial charge in [-0.15, -0.1) is 0 Å². The number of hydrogen-bond acceptors (Lipinski definition) is 4. The monoisotopic (exact) mass is 349 g/mol. The molecule has 1 fully saturated rings. The van der Waals surface area contributed by atoms with E-state index in [2.05, 4.69) is 23.1 Å². The van der Waals surface area contributed by atoms with E-state index in [0.29, 0.717) is 25.3 Å². The van der Waals surface area contributed by atoms with Gasteiger partial charge in [0.15, 0.2) is 0 Å². The van der Waals surface area contributed by atoms with Gasteiger partial charge in [0, 0.05) is 33.2 Å². The maximum atomic E-state index is 12.8. The third-order valence-corrected chi connectivity index (χ3v) is 4.53. The van der Waals surface area contributed by atoms with Crippen LogP contribution in [0.1, 0.15) is 16.7 Å². The van der Waals surface area contributed by atoms with Crippen LogP contribution in [-0.2, 0) is 22.6 Å². The van der Waals surface area contributed by atoms with Crippen molar-refractivity contribution in [2.45, 2.75) is 19.2 Å². The van der Waals surface area contributed by atoms with Gasteiger partial charge in [-0.2, -0.15) is 5.26 Å². The second-order valence-electron chi connectivity index (χ2n) is 6.59. The van der Waals surface area contributed by atoms with Crippen LogP contribution in [0.5, 0.6) is 0 Å². The van der Waals surface area contributed by atoms with Crippen molar-refractivity contribution >= 4 is 5.91 Å². The summed E-state index contributed by atoms with van der Waals surface area (Å²) in [6.45, 7) is 3.26. The Labute approximate surface area is 154 Å². The number of carbonyl (C=O) groups excluding carboxylic acids is 1. The van der Waals surface area contributed by atoms with E-state index in [1.54, 1.807) is 18.0 Å². The number of rotatable bonds is 5. The van der Waals surface area contributed by atoms with Crippen LogP contribution in [0.3, 0.4) is 0 Å². The molecule has 0 spiro atoms. The van der Waals surface area contributed by atoms with E-state index in [4.69, 9.17) is 10.00 Å². The first kappa shape index (κ1) is 18.1. The summed E-state index contributed by atoms with van der Waals surface area (Å²) >= 11 is 0. The number of benzene rings is 2. The van der Waals surface area contributed by atoms with Crippen LogP contribution in [0.25, 0.3) is 0 Å². The Hall–Kier alpha value is -2.68. The average molecular weight is 349 g/mol. The molecule has 3 rings (SSSR count). The van der Waals surface area contributed by atoms with Crippen LogP contribution in [-0.4, -0.2) is 48.6 Å². The molecule has 1 saturated heterocycles. The lowest BCUT2D eigenvalue weighted by Gasteiger charge is -2.34. The predicted molar refractivity (Wildman–Crippen MR) is 99.1 cm³/mol. The maximum absolute atomic E-state index is 12.8. The van der Waals surface area contributed by atoms with Gasteiger partial charge in [0.25, 0.3) is 5.91 Å². The fraction of sp³-hybridized carbons (Fsp3) is 0.333. The highest BCUT2D eigenvalue weighted by atomic mass is 16.5. The molecule has 0 unspecified atom stereocenters. The molecule has 1 aliphatic heterocycles. The highest BCUT2D eigenvalue weighted by molar-refractivity contribution is 5.81. The zero-order chi connectivity index (χ0) is 18.4. The van der Waals surface area contributed by atoms with Crippen molar-refractivity contribution < 1.29 is 9.53 Å². The van der Waals surface area contributed by atoms with E-state index < -0.39 is 6.10 Å². The molecule has 1 heterocycles. The lowest BCUT2D eigenvalue weighted by atomic mass is 10.1. The Morgan fingerprint density at radius 2 is 2.00 bits per heavy atom. The minimum absolute atomic E-state index is 0.0230. The normalized spacial score (nSPS) is 17.5. The summed E-state index contributed by atoms with van der Waals surface area (Å²) in [7, 11) is 1.78. The molecule has 0 radical (unpaired) electrons. The molecule has 0 saturated carbocycles. The first-order valence-corrected chi connectivity index (χ1v) is 8.77. The van der Waals surface area contributed by atoms with Gasteiger partial charge in [-0.05, 0) is 23.3 Å². The molecule has 1 atom stereocenters. The van der Waals surface area contributed by atoms with Crippen molar-refractivity contribution in [1.82, 2.24) is 9.80 Å². The van der Waals surface area contributed by atoms with Gasteiger partial charge in [0.05, 0.1) is 18.2 Å². The number of ether oxygens (including phenoxy) is 1. The highest BCUT2D eigenvalue weighted by Crippen LogP contribution is 2.14. The number of nitrogens with zero attached hydrogens (tertiary/aromatic N) is 3. The second-order valence-corrected chi connectivity index (χ2v) is 6.59. The minimum Gasteiger partial charge on any atom is -0.366 e. The van der Waals surface area contributed by atoms with Crippen LogP contribution in [0, 0.1) is 11.3 Å². The number of amides is 1. The number of morpholine rings is 1. The largest absolute Gasteiger partial charge is 0.366 e. The fourth-order valence-electron chi connectivity index (χ4n) is 3.17. The quantitative estimate of drug-likeness (QED) is 0.832. The van der Waals surface area contributed by atoms with E-state index in [0.717, 1.165) is 18.7 Å². The minimum atomic E-state index is -0.448. The summed E-state index contributed by atoms with van der Waals surface area (Å²) in [5.41, 5.74) is 2.78. The molecule has 0 bridgehead atoms. The van der Waals surface area contributed by atoms with Crippen LogP contribution < -0.4 is 0 Å². The van der Waals surface area contributed by atoms with Gasteiger partial charge in [-0.25, -0.2) is 0 Å². The Balaban J connectivity index is 1.58. The van der Waals surface area contributed by atoms with Gasteiger partial charge in [-0.1, -0.05) is 42.5 Å². The smallest absolute Gasteiger partial charge is 0.253 e. The van der Waals surface area contributed by atoms with Gasteiger partial charge in [0.1, 0.15) is 6.10 Å². The zero-order valence-electron chi connectivity index (χ0n) is 15.0. The molecule has 0 aliphatic carbocycles. The van der Waals surface area contributed by atoms with E-state index in [1.165, 1.54) is 5.56 Å². The molecule has 2 aromatic carbocycles. The van der Waals surface area contributed by atoms with Gasteiger partial charge in [-0.3, -0.25) is 9.69 Å². The molecule has 26 heavy (non-hydrogen) atoms. The Bertz CT molecular complexity index is 785. The first-order chi connectivity index (χ1) is 12.7. The number of carbonyl (C=O) groups is 1. The molecular weight excluding hydrogens is 326 g/mol. The van der Waals surface area contributed by atoms with Crippen molar-refractivity contribution in [1.29, 1.82) is 5.26 Å². The summed E-state index contributed by atoms with van der Waals surface area (Å²) < 4.78 is 5.73. The Morgan fingerprint density at radius 1 is 1.23 bits per heavy atom. The third-order valence-electron chi connectivity index (χ3n) is 4.53. The van der Waals surface area contributed by atoms with Gasteiger partial charge >= 0.3 is 0 Å². The van der Waals surface area contributed by atoms with E-state index in [-0.39, 0.29) is 5.91 Å². The van der Waals surface area contributed by atoms with Crippen LogP contribution >= 0.6 is 0 Å². The molecule has 0 aromatic heterocycles. The molecule has 1 aliphatic rings. The van der Waals surface area contributed by atoms with E-state index in [1.807, 2.05) is 36.4 Å². The van der Waals surface area contributed by atoms with Crippen LogP contribution in [0.4, 0.5) is 0 Å². The molecule has 5 heteroatoms. The van der Waals surface area contributed by atoms with Crippen LogP contribution in [0.2, 0.25) is 0 Å². The SMILES string of the molecule is CN(Cc1cccc(C#N)c1)C(=O)[C@H]1CN(Cc2ccccc2)CCO1. The van der Waals surface area contributed by atoms with Gasteiger partial charge in [0.2, 0.25) is 0 Å². The Kier molecular flexibility index (Phi) is 6.00. The number of hydrogen-bond donors (Lipinski definition) is 0. The lowest BCUT2D eigenvalue weighted by molar-refractivity contribution is -0.148. The van der Waals surface area contributed by atoms with Crippen molar-refractivity contribution in [2.24, 2.45) is 0 Å². The summed E-state index contributed by atoms with van der Waals surface area (Å²) in [5.74, 6) is -0.0230. The maximum Gasteiger partial charge on any atom is 0.253 e. The average Bonchev–Trinajstić information content (AvgIpc) is 2.68. The van der Waals surface area contributed by atoms with E-state index >= 15 is 0 Å². The van der Waals surface area contributed by atoms with Crippen LogP contribution in [0.15, 0.2) is 54.6 Å². The third kappa shape index (κ3) is 4.69. The highest BCUT2D eigenvalue weighted by Gasteiger charge is 2.28. The Morgan fingerprint density at radius 3 is 2.77 bits per heavy atom.